The van der Waals surface area contributed by atoms with Crippen molar-refractivity contribution in [2.45, 2.75) is 25.7 Å². The molecule has 1 fully saturated rings. The zero-order valence-electron chi connectivity index (χ0n) is 19.5. The zero-order chi connectivity index (χ0) is 24.1. The molecule has 5 nitrogen and oxygen atoms in total. The first-order valence-electron chi connectivity index (χ1n) is 11.6. The van der Waals surface area contributed by atoms with E-state index in [1.165, 1.54) is 5.56 Å². The molecule has 0 radical (unpaired) electrons. The minimum atomic E-state index is -0.265. The van der Waals surface area contributed by atoms with Gasteiger partial charge in [0.2, 0.25) is 0 Å². The number of aryl methyl sites for hydroxylation is 1. The number of pyridine rings is 1. The van der Waals surface area contributed by atoms with Crippen molar-refractivity contribution in [2.75, 3.05) is 32.0 Å². The number of likely N-dealkylation sites (tertiary alicyclic amines) is 1. The van der Waals surface area contributed by atoms with E-state index in [9.17, 15) is 4.79 Å². The van der Waals surface area contributed by atoms with Gasteiger partial charge in [-0.25, -0.2) is 4.79 Å². The van der Waals surface area contributed by atoms with Crippen molar-refractivity contribution in [2.24, 2.45) is 5.92 Å². The second kappa shape index (κ2) is 11.2. The summed E-state index contributed by atoms with van der Waals surface area (Å²) in [5, 5.41) is 6.88. The van der Waals surface area contributed by atoms with Crippen LogP contribution in [0.15, 0.2) is 60.8 Å². The molecular weight excluding hydrogens is 467 g/mol. The van der Waals surface area contributed by atoms with Crippen LogP contribution in [0.1, 0.15) is 30.0 Å². The standard InChI is InChI=1S/C27H30Cl2N4O/c1-18-3-4-22(16-30-18)19-5-7-20(8-6-19)26(21-9-11-33(2)12-10-21)17-31-27(34)32-25-14-23(28)13-24(29)15-25/h3-8,13-16,21,26H,9-12,17H2,1-2H3,(H2,31,32,34). The van der Waals surface area contributed by atoms with Gasteiger partial charge in [-0.2, -0.15) is 0 Å². The van der Waals surface area contributed by atoms with Gasteiger partial charge in [-0.1, -0.05) is 53.5 Å². The fraction of sp³-hybridized carbons (Fsp3) is 0.333. The number of urea groups is 1. The van der Waals surface area contributed by atoms with Gasteiger partial charge in [0.1, 0.15) is 0 Å². The number of piperidine rings is 1. The fourth-order valence-electron chi connectivity index (χ4n) is 4.55. The summed E-state index contributed by atoms with van der Waals surface area (Å²) < 4.78 is 0. The van der Waals surface area contributed by atoms with Crippen molar-refractivity contribution in [3.8, 4) is 11.1 Å². The second-order valence-corrected chi connectivity index (χ2v) is 9.92. The normalized spacial score (nSPS) is 15.6. The van der Waals surface area contributed by atoms with Crippen LogP contribution in [0.4, 0.5) is 10.5 Å². The molecule has 1 atom stereocenters. The summed E-state index contributed by atoms with van der Waals surface area (Å²) in [7, 11) is 2.16. The quantitative estimate of drug-likeness (QED) is 0.403. The molecule has 1 unspecified atom stereocenters. The highest BCUT2D eigenvalue weighted by Crippen LogP contribution is 2.33. The molecule has 1 saturated heterocycles. The van der Waals surface area contributed by atoms with Crippen LogP contribution in [0.3, 0.4) is 0 Å². The second-order valence-electron chi connectivity index (χ2n) is 9.05. The Labute approximate surface area is 211 Å². The Bertz CT molecular complexity index is 1090. The maximum atomic E-state index is 12.6. The SMILES string of the molecule is Cc1ccc(-c2ccc(C(CNC(=O)Nc3cc(Cl)cc(Cl)c3)C3CCN(C)CC3)cc2)cn1. The van der Waals surface area contributed by atoms with Gasteiger partial charge in [0.25, 0.3) is 0 Å². The first kappa shape index (κ1) is 24.5. The molecule has 0 spiro atoms. The van der Waals surface area contributed by atoms with E-state index in [1.807, 2.05) is 19.2 Å². The van der Waals surface area contributed by atoms with Crippen molar-refractivity contribution < 1.29 is 4.79 Å². The summed E-state index contributed by atoms with van der Waals surface area (Å²) in [5.41, 5.74) is 5.06. The maximum absolute atomic E-state index is 12.6. The van der Waals surface area contributed by atoms with Crippen LogP contribution in [-0.2, 0) is 0 Å². The zero-order valence-corrected chi connectivity index (χ0v) is 21.0. The Hall–Kier alpha value is -2.60. The maximum Gasteiger partial charge on any atom is 0.319 e. The van der Waals surface area contributed by atoms with Crippen molar-refractivity contribution in [1.82, 2.24) is 15.2 Å². The number of nitrogens with one attached hydrogen (secondary N) is 2. The van der Waals surface area contributed by atoms with Crippen LogP contribution in [0, 0.1) is 12.8 Å². The number of carbonyl (C=O) groups excluding carboxylic acids is 1. The monoisotopic (exact) mass is 496 g/mol. The van der Waals surface area contributed by atoms with Crippen molar-refractivity contribution in [3.63, 3.8) is 0 Å². The smallest absolute Gasteiger partial charge is 0.319 e. The number of rotatable bonds is 6. The van der Waals surface area contributed by atoms with E-state index in [-0.39, 0.29) is 11.9 Å². The van der Waals surface area contributed by atoms with Crippen LogP contribution in [0.5, 0.6) is 0 Å². The molecule has 2 aromatic carbocycles. The molecule has 7 heteroatoms. The Balaban J connectivity index is 1.47. The molecule has 1 aliphatic heterocycles. The topological polar surface area (TPSA) is 57.3 Å². The third-order valence-electron chi connectivity index (χ3n) is 6.52. The number of hydrogen-bond acceptors (Lipinski definition) is 3. The predicted molar refractivity (Wildman–Crippen MR) is 141 cm³/mol. The summed E-state index contributed by atoms with van der Waals surface area (Å²) in [6, 6.07) is 17.5. The van der Waals surface area contributed by atoms with Crippen LogP contribution in [-0.4, -0.2) is 42.6 Å². The third kappa shape index (κ3) is 6.50. The number of nitrogens with zero attached hydrogens (tertiary/aromatic N) is 2. The molecule has 178 valence electrons. The predicted octanol–water partition coefficient (Wildman–Crippen LogP) is 6.61. The Morgan fingerprint density at radius 3 is 2.29 bits per heavy atom. The van der Waals surface area contributed by atoms with Gasteiger partial charge in [0.15, 0.2) is 0 Å². The van der Waals surface area contributed by atoms with E-state index in [0.29, 0.717) is 28.2 Å². The van der Waals surface area contributed by atoms with Gasteiger partial charge in [-0.15, -0.1) is 0 Å². The highest BCUT2D eigenvalue weighted by molar-refractivity contribution is 6.35. The highest BCUT2D eigenvalue weighted by atomic mass is 35.5. The number of anilines is 1. The number of benzene rings is 2. The number of carbonyl (C=O) groups is 1. The lowest BCUT2D eigenvalue weighted by atomic mass is 9.79. The van der Waals surface area contributed by atoms with Gasteiger partial charge < -0.3 is 15.5 Å². The van der Waals surface area contributed by atoms with Crippen LogP contribution >= 0.6 is 23.2 Å². The lowest BCUT2D eigenvalue weighted by Crippen LogP contribution is -2.38. The fourth-order valence-corrected chi connectivity index (χ4v) is 5.08. The Morgan fingerprint density at radius 2 is 1.68 bits per heavy atom. The van der Waals surface area contributed by atoms with Crippen molar-refractivity contribution >= 4 is 34.9 Å². The average Bonchev–Trinajstić information content (AvgIpc) is 2.80. The molecule has 0 bridgehead atoms. The molecule has 1 aliphatic rings. The Kier molecular flexibility index (Phi) is 8.09. The first-order valence-corrected chi connectivity index (χ1v) is 12.4. The van der Waals surface area contributed by atoms with Crippen LogP contribution in [0.2, 0.25) is 10.0 Å². The number of halogens is 2. The number of aromatic nitrogens is 1. The summed E-state index contributed by atoms with van der Waals surface area (Å²) in [5.74, 6) is 0.733. The van der Waals surface area contributed by atoms with Crippen LogP contribution in [0.25, 0.3) is 11.1 Å². The van der Waals surface area contributed by atoms with E-state index in [2.05, 4.69) is 57.9 Å². The van der Waals surface area contributed by atoms with Gasteiger partial charge in [0, 0.05) is 45.6 Å². The summed E-state index contributed by atoms with van der Waals surface area (Å²) >= 11 is 12.1. The first-order chi connectivity index (χ1) is 16.4. The van der Waals surface area contributed by atoms with Gasteiger partial charge >= 0.3 is 6.03 Å². The lowest BCUT2D eigenvalue weighted by Gasteiger charge is -2.35. The average molecular weight is 497 g/mol. The lowest BCUT2D eigenvalue weighted by molar-refractivity contribution is 0.195. The molecule has 3 aromatic rings. The molecule has 0 aliphatic carbocycles. The summed E-state index contributed by atoms with van der Waals surface area (Å²) in [6.07, 6.45) is 4.13. The number of hydrogen-bond donors (Lipinski definition) is 2. The molecule has 0 saturated carbocycles. The molecule has 2 amide bonds. The summed E-state index contributed by atoms with van der Waals surface area (Å²) in [6.45, 7) is 4.69. The molecule has 1 aromatic heterocycles. The van der Waals surface area contributed by atoms with E-state index < -0.39 is 0 Å². The number of amides is 2. The highest BCUT2D eigenvalue weighted by Gasteiger charge is 2.27. The molecule has 34 heavy (non-hydrogen) atoms. The van der Waals surface area contributed by atoms with E-state index in [4.69, 9.17) is 23.2 Å². The molecule has 2 heterocycles. The minimum absolute atomic E-state index is 0.229. The largest absolute Gasteiger partial charge is 0.337 e. The van der Waals surface area contributed by atoms with Gasteiger partial charge in [-0.3, -0.25) is 4.98 Å². The van der Waals surface area contributed by atoms with Gasteiger partial charge in [-0.05, 0) is 81.2 Å². The van der Waals surface area contributed by atoms with Crippen molar-refractivity contribution in [1.29, 1.82) is 0 Å². The minimum Gasteiger partial charge on any atom is -0.337 e. The van der Waals surface area contributed by atoms with Crippen molar-refractivity contribution in [3.05, 3.63) is 82.1 Å². The summed E-state index contributed by atoms with van der Waals surface area (Å²) in [4.78, 5) is 19.4. The third-order valence-corrected chi connectivity index (χ3v) is 6.96. The Morgan fingerprint density at radius 1 is 1.03 bits per heavy atom. The van der Waals surface area contributed by atoms with Crippen LogP contribution < -0.4 is 10.6 Å². The van der Waals surface area contributed by atoms with Gasteiger partial charge in [0.05, 0.1) is 0 Å². The van der Waals surface area contributed by atoms with E-state index >= 15 is 0 Å². The van der Waals surface area contributed by atoms with E-state index in [0.717, 1.165) is 42.8 Å². The van der Waals surface area contributed by atoms with E-state index in [1.54, 1.807) is 18.2 Å². The molecule has 2 N–H and O–H groups in total. The molecular formula is C27H30Cl2N4O. The molecule has 4 rings (SSSR count).